The maximum atomic E-state index is 6.23. The summed E-state index contributed by atoms with van der Waals surface area (Å²) < 4.78 is 0. The molecule has 9 heteroatoms. The van der Waals surface area contributed by atoms with Crippen molar-refractivity contribution in [3.8, 4) is 0 Å². The minimum Gasteiger partial charge on any atom is -0.368 e. The molecule has 3 unspecified atom stereocenters. The van der Waals surface area contributed by atoms with Gasteiger partial charge in [-0.3, -0.25) is 10.9 Å². The molecule has 1 aliphatic heterocycles. The van der Waals surface area contributed by atoms with Gasteiger partial charge < -0.3 is 11.1 Å². The molecule has 0 radical (unpaired) electrons. The van der Waals surface area contributed by atoms with Gasteiger partial charge in [-0.15, -0.1) is 0 Å². The molecule has 138 valence electrons. The second kappa shape index (κ2) is 7.52. The monoisotopic (exact) mass is 393 g/mol. The largest absolute Gasteiger partial charge is 0.368 e. The molecule has 1 aliphatic carbocycles. The Bertz CT molecular complexity index is 801. The average Bonchev–Trinajstić information content (AvgIpc) is 3.10. The van der Waals surface area contributed by atoms with Gasteiger partial charge in [0.05, 0.1) is 10.0 Å². The number of fused-ring (bicyclic) bond motifs is 1. The molecule has 26 heavy (non-hydrogen) atoms. The molecular weight excluding hydrogens is 373 g/mol. The summed E-state index contributed by atoms with van der Waals surface area (Å²) in [6, 6.07) is 5.99. The van der Waals surface area contributed by atoms with Crippen LogP contribution in [0.15, 0.2) is 18.2 Å². The van der Waals surface area contributed by atoms with Crippen LogP contribution in [0.3, 0.4) is 0 Å². The Morgan fingerprint density at radius 3 is 2.96 bits per heavy atom. The molecule has 1 aromatic heterocycles. The molecule has 2 fully saturated rings. The number of hydrazine groups is 1. The number of rotatable bonds is 4. The zero-order valence-electron chi connectivity index (χ0n) is 14.2. The maximum absolute atomic E-state index is 6.23. The van der Waals surface area contributed by atoms with Crippen LogP contribution in [0, 0.1) is 5.92 Å². The molecule has 4 rings (SSSR count). The van der Waals surface area contributed by atoms with Crippen LogP contribution in [-0.4, -0.2) is 27.5 Å². The zero-order chi connectivity index (χ0) is 18.1. The van der Waals surface area contributed by atoms with E-state index in [1.54, 1.807) is 6.07 Å². The molecule has 1 saturated heterocycles. The van der Waals surface area contributed by atoms with Gasteiger partial charge in [-0.05, 0) is 36.8 Å². The van der Waals surface area contributed by atoms with Crippen molar-refractivity contribution in [1.82, 2.24) is 25.8 Å². The summed E-state index contributed by atoms with van der Waals surface area (Å²) in [6.45, 7) is 1.49. The van der Waals surface area contributed by atoms with Crippen molar-refractivity contribution in [2.24, 2.45) is 5.92 Å². The van der Waals surface area contributed by atoms with Crippen LogP contribution in [0.1, 0.15) is 36.6 Å². The summed E-state index contributed by atoms with van der Waals surface area (Å²) in [6.07, 6.45) is 3.22. The number of hydrogen-bond acceptors (Lipinski definition) is 7. The summed E-state index contributed by atoms with van der Waals surface area (Å²) >= 11 is 12.3. The third-order valence-corrected chi connectivity index (χ3v) is 6.01. The van der Waals surface area contributed by atoms with Crippen LogP contribution in [0.5, 0.6) is 0 Å². The van der Waals surface area contributed by atoms with Crippen LogP contribution >= 0.6 is 23.2 Å². The number of nitrogens with zero attached hydrogens (tertiary/aromatic N) is 3. The number of aromatic nitrogens is 3. The second-order valence-corrected chi connectivity index (χ2v) is 7.63. The van der Waals surface area contributed by atoms with E-state index < -0.39 is 0 Å². The van der Waals surface area contributed by atoms with Gasteiger partial charge in [0.15, 0.2) is 0 Å². The van der Waals surface area contributed by atoms with E-state index >= 15 is 0 Å². The van der Waals surface area contributed by atoms with Gasteiger partial charge in [-0.2, -0.15) is 15.0 Å². The molecule has 0 amide bonds. The van der Waals surface area contributed by atoms with Gasteiger partial charge in [0.25, 0.3) is 0 Å². The van der Waals surface area contributed by atoms with Crippen LogP contribution in [-0.2, 0) is 6.54 Å². The van der Waals surface area contributed by atoms with Gasteiger partial charge in [0.2, 0.25) is 11.9 Å². The summed E-state index contributed by atoms with van der Waals surface area (Å²) in [7, 11) is 0. The van der Waals surface area contributed by atoms with E-state index in [1.165, 1.54) is 0 Å². The molecule has 7 nitrogen and oxygen atoms in total. The summed E-state index contributed by atoms with van der Waals surface area (Å²) in [5.74, 6) is 2.42. The van der Waals surface area contributed by atoms with Crippen LogP contribution in [0.2, 0.25) is 10.0 Å². The molecule has 2 aliphatic rings. The normalized spacial score (nSPS) is 25.1. The Kier molecular flexibility index (Phi) is 5.13. The molecule has 3 atom stereocenters. The minimum absolute atomic E-state index is 0.231. The van der Waals surface area contributed by atoms with Crippen molar-refractivity contribution in [3.05, 3.63) is 39.6 Å². The number of nitrogens with two attached hydrogens (primary N) is 1. The summed E-state index contributed by atoms with van der Waals surface area (Å²) in [5, 5.41) is 4.24. The first-order chi connectivity index (χ1) is 12.6. The number of anilines is 2. The average molecular weight is 394 g/mol. The van der Waals surface area contributed by atoms with E-state index in [2.05, 4.69) is 31.1 Å². The van der Waals surface area contributed by atoms with Crippen LogP contribution in [0.4, 0.5) is 11.9 Å². The first-order valence-corrected chi connectivity index (χ1v) is 9.52. The lowest BCUT2D eigenvalue weighted by molar-refractivity contribution is 0.296. The highest BCUT2D eigenvalue weighted by Crippen LogP contribution is 2.36. The lowest BCUT2D eigenvalue weighted by Gasteiger charge is -2.29. The lowest BCUT2D eigenvalue weighted by Crippen LogP contribution is -2.36. The van der Waals surface area contributed by atoms with E-state index in [1.807, 2.05) is 12.1 Å². The third-order valence-electron chi connectivity index (χ3n) is 5.15. The van der Waals surface area contributed by atoms with E-state index in [9.17, 15) is 0 Å². The molecule has 0 bridgehead atoms. The number of benzene rings is 1. The van der Waals surface area contributed by atoms with Crippen molar-refractivity contribution in [2.45, 2.75) is 37.8 Å². The molecular formula is C17H21Cl2N7. The third kappa shape index (κ3) is 3.71. The van der Waals surface area contributed by atoms with Gasteiger partial charge in [-0.1, -0.05) is 35.3 Å². The molecule has 5 N–H and O–H groups in total. The zero-order valence-corrected chi connectivity index (χ0v) is 15.7. The van der Waals surface area contributed by atoms with E-state index in [0.29, 0.717) is 34.5 Å². The highest BCUT2D eigenvalue weighted by atomic mass is 35.5. The standard InChI is InChI=1S/C17H21Cl2N7/c18-12-3-1-2-11(14(12)19)7-21-17-24-15(23-16(20)25-17)9-4-5-10-8-22-26-13(10)6-9/h1-3,9-10,13,22,26H,4-8H2,(H3,20,21,23,24,25). The van der Waals surface area contributed by atoms with Gasteiger partial charge in [0, 0.05) is 25.0 Å². The fourth-order valence-electron chi connectivity index (χ4n) is 3.74. The Morgan fingerprint density at radius 1 is 1.19 bits per heavy atom. The first-order valence-electron chi connectivity index (χ1n) is 8.76. The number of nitrogen functional groups attached to an aromatic ring is 1. The molecule has 2 aromatic rings. The fraction of sp³-hybridized carbons (Fsp3) is 0.471. The lowest BCUT2D eigenvalue weighted by atomic mass is 9.79. The first kappa shape index (κ1) is 17.7. The van der Waals surface area contributed by atoms with Crippen molar-refractivity contribution in [2.75, 3.05) is 17.6 Å². The highest BCUT2D eigenvalue weighted by Gasteiger charge is 2.35. The van der Waals surface area contributed by atoms with E-state index in [4.69, 9.17) is 28.9 Å². The number of hydrogen-bond donors (Lipinski definition) is 4. The topological polar surface area (TPSA) is 101 Å². The highest BCUT2D eigenvalue weighted by molar-refractivity contribution is 6.42. The molecule has 2 heterocycles. The van der Waals surface area contributed by atoms with Crippen molar-refractivity contribution in [3.63, 3.8) is 0 Å². The number of halogens is 2. The SMILES string of the molecule is Nc1nc(NCc2cccc(Cl)c2Cl)nc(C2CCC3CNNC3C2)n1. The minimum atomic E-state index is 0.231. The second-order valence-electron chi connectivity index (χ2n) is 6.84. The van der Waals surface area contributed by atoms with E-state index in [0.717, 1.165) is 37.2 Å². The molecule has 1 aromatic carbocycles. The van der Waals surface area contributed by atoms with Crippen molar-refractivity contribution >= 4 is 35.1 Å². The van der Waals surface area contributed by atoms with E-state index in [-0.39, 0.29) is 11.9 Å². The predicted molar refractivity (Wildman–Crippen MR) is 103 cm³/mol. The van der Waals surface area contributed by atoms with Gasteiger partial charge in [0.1, 0.15) is 5.82 Å². The Labute approximate surface area is 162 Å². The quantitative estimate of drug-likeness (QED) is 0.633. The van der Waals surface area contributed by atoms with Crippen LogP contribution in [0.25, 0.3) is 0 Å². The molecule has 1 saturated carbocycles. The fourth-order valence-corrected chi connectivity index (χ4v) is 4.13. The Balaban J connectivity index is 1.48. The molecule has 0 spiro atoms. The summed E-state index contributed by atoms with van der Waals surface area (Å²) in [4.78, 5) is 13.2. The van der Waals surface area contributed by atoms with Crippen molar-refractivity contribution < 1.29 is 0 Å². The Morgan fingerprint density at radius 2 is 2.08 bits per heavy atom. The predicted octanol–water partition coefficient (Wildman–Crippen LogP) is 2.73. The van der Waals surface area contributed by atoms with Crippen molar-refractivity contribution in [1.29, 1.82) is 0 Å². The summed E-state index contributed by atoms with van der Waals surface area (Å²) in [5.41, 5.74) is 13.4. The Hall–Kier alpha value is -1.67. The smallest absolute Gasteiger partial charge is 0.228 e. The van der Waals surface area contributed by atoms with Gasteiger partial charge >= 0.3 is 0 Å². The van der Waals surface area contributed by atoms with Crippen LogP contribution < -0.4 is 21.9 Å². The van der Waals surface area contributed by atoms with Gasteiger partial charge in [-0.25, -0.2) is 0 Å². The maximum Gasteiger partial charge on any atom is 0.228 e. The number of nitrogens with one attached hydrogen (secondary N) is 3.